The minimum atomic E-state index is -0.554. The lowest BCUT2D eigenvalue weighted by molar-refractivity contribution is -0.0842. The fourth-order valence-corrected chi connectivity index (χ4v) is 1.03. The lowest BCUT2D eigenvalue weighted by Gasteiger charge is -2.27. The summed E-state index contributed by atoms with van der Waals surface area (Å²) in [5.41, 5.74) is 0. The fourth-order valence-electron chi connectivity index (χ4n) is 1.03. The summed E-state index contributed by atoms with van der Waals surface area (Å²) in [4.78, 5) is 1.66. The van der Waals surface area contributed by atoms with Crippen LogP contribution in [0, 0.1) is 0 Å². The van der Waals surface area contributed by atoms with Crippen LogP contribution >= 0.6 is 12.4 Å². The zero-order valence-electron chi connectivity index (χ0n) is 8.03. The van der Waals surface area contributed by atoms with Crippen LogP contribution in [0.1, 0.15) is 33.6 Å². The average Bonchev–Trinajstić information content (AvgIpc) is 1.87. The predicted octanol–water partition coefficient (Wildman–Crippen LogP) is 1.19. The van der Waals surface area contributed by atoms with Gasteiger partial charge in [-0.1, -0.05) is 13.3 Å². The summed E-state index contributed by atoms with van der Waals surface area (Å²) in [5.74, 6) is 0. The lowest BCUT2D eigenvalue weighted by atomic mass is 10.3. The summed E-state index contributed by atoms with van der Waals surface area (Å²) in [6.07, 6.45) is 0.981. The maximum atomic E-state index is 9.18. The van der Waals surface area contributed by atoms with Crippen LogP contribution in [0.3, 0.4) is 0 Å². The number of rotatable bonds is 5. The number of hydrogen-bond donors (Lipinski definition) is 2. The van der Waals surface area contributed by atoms with E-state index >= 15 is 0 Å². The van der Waals surface area contributed by atoms with Gasteiger partial charge in [0.05, 0.1) is 0 Å². The first-order valence-corrected chi connectivity index (χ1v) is 4.21. The highest BCUT2D eigenvalue weighted by atomic mass is 35.5. The molecule has 0 bridgehead atoms. The van der Waals surface area contributed by atoms with Crippen LogP contribution in [-0.4, -0.2) is 34.1 Å². The van der Waals surface area contributed by atoms with E-state index in [1.165, 1.54) is 0 Å². The lowest BCUT2D eigenvalue weighted by Crippen LogP contribution is -2.40. The first kappa shape index (κ1) is 14.7. The van der Waals surface area contributed by atoms with E-state index < -0.39 is 12.5 Å². The molecule has 0 heterocycles. The minimum absolute atomic E-state index is 0. The molecule has 76 valence electrons. The molecular formula is C8H20ClNO2. The number of aliphatic hydroxyl groups is 2. The predicted molar refractivity (Wildman–Crippen MR) is 52.2 cm³/mol. The molecule has 0 aliphatic heterocycles. The molecule has 3 nitrogen and oxygen atoms in total. The fraction of sp³-hybridized carbons (Fsp3) is 1.00. The van der Waals surface area contributed by atoms with Crippen molar-refractivity contribution in [2.24, 2.45) is 0 Å². The number of unbranched alkanes of at least 4 members (excludes halogenated alkanes) is 1. The molecule has 0 spiro atoms. The smallest absolute Gasteiger partial charge is 0.106 e. The molecule has 0 aliphatic carbocycles. The van der Waals surface area contributed by atoms with Gasteiger partial charge in [0.2, 0.25) is 0 Å². The Morgan fingerprint density at radius 1 is 1.17 bits per heavy atom. The van der Waals surface area contributed by atoms with Crippen molar-refractivity contribution in [3.8, 4) is 0 Å². The van der Waals surface area contributed by atoms with Crippen molar-refractivity contribution in [2.75, 3.05) is 6.54 Å². The molecule has 0 rings (SSSR count). The largest absolute Gasteiger partial charge is 0.379 e. The highest BCUT2D eigenvalue weighted by Gasteiger charge is 2.14. The third-order valence-electron chi connectivity index (χ3n) is 1.73. The Bertz CT molecular complexity index is 91.1. The first-order chi connectivity index (χ1) is 5.09. The Hall–Kier alpha value is 0.170. The number of hydrogen-bond acceptors (Lipinski definition) is 3. The van der Waals surface area contributed by atoms with Gasteiger partial charge < -0.3 is 10.2 Å². The van der Waals surface area contributed by atoms with Gasteiger partial charge in [0, 0.05) is 6.54 Å². The van der Waals surface area contributed by atoms with Gasteiger partial charge in [-0.3, -0.25) is 4.90 Å². The molecule has 2 atom stereocenters. The van der Waals surface area contributed by atoms with Gasteiger partial charge in [-0.2, -0.15) is 0 Å². The molecule has 0 radical (unpaired) electrons. The summed E-state index contributed by atoms with van der Waals surface area (Å²) in [7, 11) is 0. The van der Waals surface area contributed by atoms with Gasteiger partial charge in [-0.15, -0.1) is 12.4 Å². The Balaban J connectivity index is 0. The summed E-state index contributed by atoms with van der Waals surface area (Å²) in [6.45, 7) is 6.18. The second-order valence-electron chi connectivity index (χ2n) is 2.86. The van der Waals surface area contributed by atoms with Crippen LogP contribution in [0.15, 0.2) is 0 Å². The van der Waals surface area contributed by atoms with Gasteiger partial charge >= 0.3 is 0 Å². The van der Waals surface area contributed by atoms with Crippen LogP contribution in [0.2, 0.25) is 0 Å². The highest BCUT2D eigenvalue weighted by molar-refractivity contribution is 5.85. The van der Waals surface area contributed by atoms with Crippen LogP contribution in [-0.2, 0) is 0 Å². The molecule has 4 heteroatoms. The second kappa shape index (κ2) is 7.80. The Labute approximate surface area is 80.8 Å². The van der Waals surface area contributed by atoms with E-state index in [1.807, 2.05) is 0 Å². The molecule has 0 fully saturated rings. The molecule has 0 aromatic carbocycles. The Morgan fingerprint density at radius 3 is 1.83 bits per heavy atom. The normalized spacial score (nSPS) is 15.5. The van der Waals surface area contributed by atoms with Crippen molar-refractivity contribution in [3.63, 3.8) is 0 Å². The summed E-state index contributed by atoms with van der Waals surface area (Å²) in [5, 5.41) is 18.4. The number of aliphatic hydroxyl groups excluding tert-OH is 2. The number of halogens is 1. The number of nitrogens with zero attached hydrogens (tertiary/aromatic N) is 1. The molecule has 0 aromatic heterocycles. The third kappa shape index (κ3) is 5.77. The zero-order chi connectivity index (χ0) is 8.85. The van der Waals surface area contributed by atoms with Crippen molar-refractivity contribution in [2.45, 2.75) is 46.1 Å². The maximum absolute atomic E-state index is 9.18. The van der Waals surface area contributed by atoms with E-state index in [-0.39, 0.29) is 12.4 Å². The quantitative estimate of drug-likeness (QED) is 0.651. The van der Waals surface area contributed by atoms with Gasteiger partial charge in [0.15, 0.2) is 0 Å². The van der Waals surface area contributed by atoms with Gasteiger partial charge in [-0.05, 0) is 20.3 Å². The van der Waals surface area contributed by atoms with Gasteiger partial charge in [0.25, 0.3) is 0 Å². The Morgan fingerprint density at radius 2 is 1.58 bits per heavy atom. The second-order valence-corrected chi connectivity index (χ2v) is 2.86. The summed E-state index contributed by atoms with van der Waals surface area (Å²) >= 11 is 0. The van der Waals surface area contributed by atoms with E-state index in [1.54, 1.807) is 18.7 Å². The zero-order valence-corrected chi connectivity index (χ0v) is 8.84. The molecule has 2 N–H and O–H groups in total. The van der Waals surface area contributed by atoms with Crippen molar-refractivity contribution in [1.82, 2.24) is 4.90 Å². The van der Waals surface area contributed by atoms with Crippen LogP contribution in [0.25, 0.3) is 0 Å². The van der Waals surface area contributed by atoms with Crippen molar-refractivity contribution < 1.29 is 10.2 Å². The minimum Gasteiger partial charge on any atom is -0.379 e. The van der Waals surface area contributed by atoms with Crippen molar-refractivity contribution in [1.29, 1.82) is 0 Å². The Kier molecular flexibility index (Phi) is 9.54. The van der Waals surface area contributed by atoms with Gasteiger partial charge in [0.1, 0.15) is 12.5 Å². The average molecular weight is 198 g/mol. The molecule has 0 saturated heterocycles. The van der Waals surface area contributed by atoms with Crippen LogP contribution < -0.4 is 0 Å². The molecule has 0 aliphatic rings. The summed E-state index contributed by atoms with van der Waals surface area (Å²) < 4.78 is 0. The SMILES string of the molecule is CCCCN(C(C)O)C(C)O.Cl. The van der Waals surface area contributed by atoms with Crippen LogP contribution in [0.4, 0.5) is 0 Å². The monoisotopic (exact) mass is 197 g/mol. The maximum Gasteiger partial charge on any atom is 0.106 e. The molecule has 0 aromatic rings. The highest BCUT2D eigenvalue weighted by Crippen LogP contribution is 2.03. The van der Waals surface area contributed by atoms with E-state index in [0.29, 0.717) is 0 Å². The third-order valence-corrected chi connectivity index (χ3v) is 1.73. The first-order valence-electron chi connectivity index (χ1n) is 4.21. The molecule has 0 saturated carbocycles. The van der Waals surface area contributed by atoms with E-state index in [9.17, 15) is 10.2 Å². The van der Waals surface area contributed by atoms with Gasteiger partial charge in [-0.25, -0.2) is 0 Å². The molecule has 0 amide bonds. The van der Waals surface area contributed by atoms with Crippen LogP contribution in [0.5, 0.6) is 0 Å². The molecule has 2 unspecified atom stereocenters. The van der Waals surface area contributed by atoms with Crippen molar-refractivity contribution in [3.05, 3.63) is 0 Å². The van der Waals surface area contributed by atoms with Crippen molar-refractivity contribution >= 4 is 12.4 Å². The standard InChI is InChI=1S/C8H19NO2.ClH/c1-4-5-6-9(7(2)10)8(3)11;/h7-8,10-11H,4-6H2,1-3H3;1H. The molecule has 12 heavy (non-hydrogen) atoms. The molecular weight excluding hydrogens is 178 g/mol. The van der Waals surface area contributed by atoms with E-state index in [0.717, 1.165) is 19.4 Å². The topological polar surface area (TPSA) is 43.7 Å². The van der Waals surface area contributed by atoms with E-state index in [2.05, 4.69) is 6.92 Å². The van der Waals surface area contributed by atoms with E-state index in [4.69, 9.17) is 0 Å². The summed E-state index contributed by atoms with van der Waals surface area (Å²) in [6, 6.07) is 0.